The van der Waals surface area contributed by atoms with Crippen LogP contribution in [0.25, 0.3) is 0 Å². The van der Waals surface area contributed by atoms with E-state index in [0.29, 0.717) is 37.1 Å². The van der Waals surface area contributed by atoms with Crippen LogP contribution in [0.3, 0.4) is 0 Å². The summed E-state index contributed by atoms with van der Waals surface area (Å²) < 4.78 is 11.5. The Hall–Kier alpha value is -1.60. The van der Waals surface area contributed by atoms with Crippen LogP contribution < -0.4 is 15.6 Å². The number of hydrogen-bond acceptors (Lipinski definition) is 4. The second-order valence-electron chi connectivity index (χ2n) is 5.62. The maximum atomic E-state index is 12.3. The van der Waals surface area contributed by atoms with E-state index in [2.05, 4.69) is 40.6 Å². The van der Waals surface area contributed by atoms with E-state index in [0.717, 1.165) is 10.9 Å². The molecule has 2 N–H and O–H groups in total. The van der Waals surface area contributed by atoms with Crippen molar-refractivity contribution < 1.29 is 19.1 Å². The standard InChI is InChI=1S/C17H25BrN2O4/c1-4-23-9-8-16(21)19-20-17(22)14-11-13(18)5-6-15(14)24-10-7-12(2)3/h5-6,11-12H,4,7-10H2,1-3H3,(H,19,21)(H,20,22). The van der Waals surface area contributed by atoms with Crippen LogP contribution in [-0.4, -0.2) is 31.6 Å². The van der Waals surface area contributed by atoms with Gasteiger partial charge < -0.3 is 9.47 Å². The molecule has 0 heterocycles. The molecule has 134 valence electrons. The summed E-state index contributed by atoms with van der Waals surface area (Å²) in [5.41, 5.74) is 5.13. The number of carbonyl (C=O) groups is 2. The van der Waals surface area contributed by atoms with Gasteiger partial charge in [-0.05, 0) is 37.5 Å². The maximum Gasteiger partial charge on any atom is 0.273 e. The zero-order valence-corrected chi connectivity index (χ0v) is 15.9. The normalized spacial score (nSPS) is 10.5. The van der Waals surface area contributed by atoms with E-state index in [1.165, 1.54) is 0 Å². The predicted octanol–water partition coefficient (Wildman–Crippen LogP) is 3.06. The highest BCUT2D eigenvalue weighted by Gasteiger charge is 2.14. The quantitative estimate of drug-likeness (QED) is 0.493. The molecule has 1 rings (SSSR count). The van der Waals surface area contributed by atoms with Crippen LogP contribution in [0.15, 0.2) is 22.7 Å². The monoisotopic (exact) mass is 400 g/mol. The van der Waals surface area contributed by atoms with Crippen molar-refractivity contribution in [1.29, 1.82) is 0 Å². The van der Waals surface area contributed by atoms with Gasteiger partial charge >= 0.3 is 0 Å². The Morgan fingerprint density at radius 3 is 2.62 bits per heavy atom. The van der Waals surface area contributed by atoms with Gasteiger partial charge in [-0.3, -0.25) is 20.4 Å². The Bertz CT molecular complexity index is 549. The summed E-state index contributed by atoms with van der Waals surface area (Å²) in [7, 11) is 0. The van der Waals surface area contributed by atoms with Gasteiger partial charge in [0.2, 0.25) is 5.91 Å². The van der Waals surface area contributed by atoms with Crippen molar-refractivity contribution in [3.8, 4) is 5.75 Å². The van der Waals surface area contributed by atoms with E-state index < -0.39 is 5.91 Å². The van der Waals surface area contributed by atoms with E-state index in [-0.39, 0.29) is 12.3 Å². The van der Waals surface area contributed by atoms with Gasteiger partial charge in [0.1, 0.15) is 5.75 Å². The van der Waals surface area contributed by atoms with E-state index in [1.54, 1.807) is 12.1 Å². The summed E-state index contributed by atoms with van der Waals surface area (Å²) in [5.74, 6) is 0.261. The summed E-state index contributed by atoms with van der Waals surface area (Å²) in [6, 6.07) is 5.20. The fraction of sp³-hybridized carbons (Fsp3) is 0.529. The smallest absolute Gasteiger partial charge is 0.273 e. The van der Waals surface area contributed by atoms with Crippen LogP contribution >= 0.6 is 15.9 Å². The van der Waals surface area contributed by atoms with Crippen molar-refractivity contribution in [1.82, 2.24) is 10.9 Å². The number of nitrogens with one attached hydrogen (secondary N) is 2. The fourth-order valence-electron chi connectivity index (χ4n) is 1.78. The molecule has 0 aromatic heterocycles. The van der Waals surface area contributed by atoms with Gasteiger partial charge in [-0.1, -0.05) is 29.8 Å². The molecule has 24 heavy (non-hydrogen) atoms. The molecule has 0 unspecified atom stereocenters. The summed E-state index contributed by atoms with van der Waals surface area (Å²) in [5, 5.41) is 0. The molecule has 0 atom stereocenters. The zero-order chi connectivity index (χ0) is 17.9. The molecule has 6 nitrogen and oxygen atoms in total. The Morgan fingerprint density at radius 2 is 1.96 bits per heavy atom. The Labute approximate surface area is 151 Å². The Balaban J connectivity index is 2.61. The highest BCUT2D eigenvalue weighted by Crippen LogP contribution is 2.23. The average molecular weight is 401 g/mol. The lowest BCUT2D eigenvalue weighted by Crippen LogP contribution is -2.42. The minimum absolute atomic E-state index is 0.185. The number of benzene rings is 1. The molecule has 1 aromatic carbocycles. The number of ether oxygens (including phenoxy) is 2. The topological polar surface area (TPSA) is 76.7 Å². The molecule has 0 radical (unpaired) electrons. The molecule has 0 fully saturated rings. The molecular formula is C17H25BrN2O4. The molecule has 0 bridgehead atoms. The first-order valence-corrected chi connectivity index (χ1v) is 8.82. The maximum absolute atomic E-state index is 12.3. The van der Waals surface area contributed by atoms with Gasteiger partial charge in [0.25, 0.3) is 5.91 Å². The number of halogens is 1. The van der Waals surface area contributed by atoms with Crippen LogP contribution in [0.2, 0.25) is 0 Å². The lowest BCUT2D eigenvalue weighted by atomic mass is 10.1. The molecule has 7 heteroatoms. The van der Waals surface area contributed by atoms with Crippen LogP contribution in [-0.2, 0) is 9.53 Å². The summed E-state index contributed by atoms with van der Waals surface area (Å²) >= 11 is 3.34. The van der Waals surface area contributed by atoms with Crippen LogP contribution in [0.1, 0.15) is 44.0 Å². The first-order valence-electron chi connectivity index (χ1n) is 8.03. The van der Waals surface area contributed by atoms with Gasteiger partial charge in [0, 0.05) is 11.1 Å². The number of amides is 2. The van der Waals surface area contributed by atoms with Crippen molar-refractivity contribution >= 4 is 27.7 Å². The van der Waals surface area contributed by atoms with Crippen LogP contribution in [0.4, 0.5) is 0 Å². The van der Waals surface area contributed by atoms with Gasteiger partial charge in [0.15, 0.2) is 0 Å². The SMILES string of the molecule is CCOCCC(=O)NNC(=O)c1cc(Br)ccc1OCCC(C)C. The van der Waals surface area contributed by atoms with Gasteiger partial charge in [-0.15, -0.1) is 0 Å². The molecule has 0 saturated carbocycles. The molecule has 2 amide bonds. The fourth-order valence-corrected chi connectivity index (χ4v) is 2.14. The predicted molar refractivity (Wildman–Crippen MR) is 95.8 cm³/mol. The van der Waals surface area contributed by atoms with Crippen molar-refractivity contribution in [2.24, 2.45) is 5.92 Å². The number of carbonyl (C=O) groups excluding carboxylic acids is 2. The van der Waals surface area contributed by atoms with Crippen molar-refractivity contribution in [2.75, 3.05) is 19.8 Å². The summed E-state index contributed by atoms with van der Waals surface area (Å²) in [4.78, 5) is 23.9. The van der Waals surface area contributed by atoms with Crippen molar-refractivity contribution in [3.63, 3.8) is 0 Å². The highest BCUT2D eigenvalue weighted by molar-refractivity contribution is 9.10. The first kappa shape index (κ1) is 20.4. The molecule has 1 aromatic rings. The molecular weight excluding hydrogens is 376 g/mol. The summed E-state index contributed by atoms with van der Waals surface area (Å²) in [6.07, 6.45) is 1.08. The first-order chi connectivity index (χ1) is 11.4. The third kappa shape index (κ3) is 7.79. The number of rotatable bonds is 9. The van der Waals surface area contributed by atoms with Crippen LogP contribution in [0.5, 0.6) is 5.75 Å². The third-order valence-electron chi connectivity index (χ3n) is 3.13. The van der Waals surface area contributed by atoms with Gasteiger partial charge in [0.05, 0.1) is 25.2 Å². The summed E-state index contributed by atoms with van der Waals surface area (Å²) in [6.45, 7) is 7.47. The lowest BCUT2D eigenvalue weighted by Gasteiger charge is -2.13. The van der Waals surface area contributed by atoms with E-state index in [4.69, 9.17) is 9.47 Å². The third-order valence-corrected chi connectivity index (χ3v) is 3.63. The second kappa shape index (κ2) is 11.0. The Morgan fingerprint density at radius 1 is 1.21 bits per heavy atom. The Kier molecular flexibility index (Phi) is 9.41. The zero-order valence-electron chi connectivity index (χ0n) is 14.4. The van der Waals surface area contributed by atoms with Crippen molar-refractivity contribution in [3.05, 3.63) is 28.2 Å². The van der Waals surface area contributed by atoms with E-state index in [9.17, 15) is 9.59 Å². The van der Waals surface area contributed by atoms with Gasteiger partial charge in [-0.25, -0.2) is 0 Å². The average Bonchev–Trinajstić information content (AvgIpc) is 2.54. The largest absolute Gasteiger partial charge is 0.493 e. The van der Waals surface area contributed by atoms with Gasteiger partial charge in [-0.2, -0.15) is 0 Å². The molecule has 0 saturated heterocycles. The molecule has 0 aliphatic heterocycles. The van der Waals surface area contributed by atoms with E-state index in [1.807, 2.05) is 13.0 Å². The minimum atomic E-state index is -0.430. The molecule has 0 spiro atoms. The van der Waals surface area contributed by atoms with Crippen LogP contribution in [0, 0.1) is 5.92 Å². The molecule has 0 aliphatic carbocycles. The highest BCUT2D eigenvalue weighted by atomic mass is 79.9. The number of hydrazine groups is 1. The second-order valence-corrected chi connectivity index (χ2v) is 6.54. The lowest BCUT2D eigenvalue weighted by molar-refractivity contribution is -0.122. The minimum Gasteiger partial charge on any atom is -0.493 e. The van der Waals surface area contributed by atoms with Crippen molar-refractivity contribution in [2.45, 2.75) is 33.6 Å². The molecule has 0 aliphatic rings. The number of hydrogen-bond donors (Lipinski definition) is 2. The van der Waals surface area contributed by atoms with E-state index >= 15 is 0 Å².